The summed E-state index contributed by atoms with van der Waals surface area (Å²) in [6, 6.07) is 0.495. The Kier molecular flexibility index (Phi) is 1.17. The minimum absolute atomic E-state index is 0.495. The predicted octanol–water partition coefficient (Wildman–Crippen LogP) is -0.377. The van der Waals surface area contributed by atoms with Gasteiger partial charge in [-0.15, -0.1) is 0 Å². The van der Waals surface area contributed by atoms with Crippen molar-refractivity contribution in [3.05, 3.63) is 12.3 Å². The first-order valence-corrected chi connectivity index (χ1v) is 3.23. The van der Waals surface area contributed by atoms with E-state index in [4.69, 9.17) is 4.74 Å². The number of hydrazine groups is 1. The normalized spacial score (nSPS) is 40.0. The van der Waals surface area contributed by atoms with E-state index in [1.165, 1.54) is 0 Å². The van der Waals surface area contributed by atoms with E-state index in [0.717, 1.165) is 13.2 Å². The average molecular weight is 126 g/mol. The molecule has 2 aliphatic heterocycles. The Balaban J connectivity index is 2.10. The van der Waals surface area contributed by atoms with Crippen molar-refractivity contribution in [3.8, 4) is 0 Å². The zero-order valence-corrected chi connectivity index (χ0v) is 5.13. The lowest BCUT2D eigenvalue weighted by Gasteiger charge is -2.18. The van der Waals surface area contributed by atoms with Gasteiger partial charge in [0.25, 0.3) is 0 Å². The smallest absolute Gasteiger partial charge is 0.105 e. The molecule has 0 aromatic rings. The molecule has 2 aliphatic rings. The monoisotopic (exact) mass is 126 g/mol. The first-order valence-electron chi connectivity index (χ1n) is 3.23. The van der Waals surface area contributed by atoms with Crippen LogP contribution in [-0.2, 0) is 4.74 Å². The van der Waals surface area contributed by atoms with Crippen LogP contribution in [0.1, 0.15) is 0 Å². The van der Waals surface area contributed by atoms with Crippen LogP contribution >= 0.6 is 0 Å². The standard InChI is InChI=1S/C6H10N2O/c1-2-9-4-6-5(1)3-7-8-6/h1-2,5-8H,3-4H2. The van der Waals surface area contributed by atoms with Crippen molar-refractivity contribution in [1.29, 1.82) is 0 Å². The molecule has 2 heterocycles. The van der Waals surface area contributed by atoms with Crippen LogP contribution in [0.2, 0.25) is 0 Å². The van der Waals surface area contributed by atoms with Crippen LogP contribution in [-0.4, -0.2) is 19.2 Å². The van der Waals surface area contributed by atoms with Gasteiger partial charge in [-0.25, -0.2) is 0 Å². The van der Waals surface area contributed by atoms with E-state index in [1.54, 1.807) is 6.26 Å². The minimum atomic E-state index is 0.495. The molecular weight excluding hydrogens is 116 g/mol. The number of rotatable bonds is 0. The van der Waals surface area contributed by atoms with Crippen LogP contribution < -0.4 is 10.9 Å². The second kappa shape index (κ2) is 2.01. The molecule has 2 unspecified atom stereocenters. The summed E-state index contributed by atoms with van der Waals surface area (Å²) < 4.78 is 5.10. The molecule has 1 fully saturated rings. The fourth-order valence-electron chi connectivity index (χ4n) is 1.24. The zero-order chi connectivity index (χ0) is 6.10. The van der Waals surface area contributed by atoms with Crippen LogP contribution in [0.3, 0.4) is 0 Å². The van der Waals surface area contributed by atoms with Crippen molar-refractivity contribution in [1.82, 2.24) is 10.9 Å². The van der Waals surface area contributed by atoms with Gasteiger partial charge in [-0.1, -0.05) is 0 Å². The van der Waals surface area contributed by atoms with E-state index in [-0.39, 0.29) is 0 Å². The molecule has 0 spiro atoms. The van der Waals surface area contributed by atoms with Crippen LogP contribution in [0, 0.1) is 5.92 Å². The van der Waals surface area contributed by atoms with Crippen molar-refractivity contribution >= 4 is 0 Å². The van der Waals surface area contributed by atoms with Crippen LogP contribution in [0.5, 0.6) is 0 Å². The summed E-state index contributed by atoms with van der Waals surface area (Å²) in [6.45, 7) is 1.83. The van der Waals surface area contributed by atoms with Crippen molar-refractivity contribution in [2.24, 2.45) is 5.92 Å². The van der Waals surface area contributed by atoms with Crippen LogP contribution in [0.25, 0.3) is 0 Å². The average Bonchev–Trinajstić information content (AvgIpc) is 2.33. The van der Waals surface area contributed by atoms with Crippen molar-refractivity contribution in [2.45, 2.75) is 6.04 Å². The Morgan fingerprint density at radius 3 is 3.44 bits per heavy atom. The van der Waals surface area contributed by atoms with Crippen molar-refractivity contribution in [2.75, 3.05) is 13.2 Å². The molecule has 0 aliphatic carbocycles. The topological polar surface area (TPSA) is 33.3 Å². The molecule has 2 N–H and O–H groups in total. The highest BCUT2D eigenvalue weighted by atomic mass is 16.5. The highest BCUT2D eigenvalue weighted by Gasteiger charge is 2.26. The number of nitrogens with one attached hydrogen (secondary N) is 2. The lowest BCUT2D eigenvalue weighted by Crippen LogP contribution is -2.36. The Morgan fingerprint density at radius 2 is 2.56 bits per heavy atom. The third kappa shape index (κ3) is 0.821. The summed E-state index contributed by atoms with van der Waals surface area (Å²) in [5, 5.41) is 0. The second-order valence-corrected chi connectivity index (χ2v) is 2.46. The number of hydrogen-bond donors (Lipinski definition) is 2. The highest BCUT2D eigenvalue weighted by molar-refractivity contribution is 4.98. The highest BCUT2D eigenvalue weighted by Crippen LogP contribution is 2.13. The van der Waals surface area contributed by atoms with E-state index in [9.17, 15) is 0 Å². The van der Waals surface area contributed by atoms with Gasteiger partial charge in [-0.3, -0.25) is 10.9 Å². The van der Waals surface area contributed by atoms with Gasteiger partial charge in [0.15, 0.2) is 0 Å². The Bertz CT molecular complexity index is 135. The van der Waals surface area contributed by atoms with Gasteiger partial charge < -0.3 is 4.74 Å². The maximum atomic E-state index is 5.10. The molecule has 3 nitrogen and oxygen atoms in total. The second-order valence-electron chi connectivity index (χ2n) is 2.46. The molecule has 0 aromatic carbocycles. The Hall–Kier alpha value is -0.540. The minimum Gasteiger partial charge on any atom is -0.500 e. The Labute approximate surface area is 54.0 Å². The molecule has 0 saturated carbocycles. The van der Waals surface area contributed by atoms with Crippen molar-refractivity contribution in [3.63, 3.8) is 0 Å². The molecule has 1 saturated heterocycles. The summed E-state index contributed by atoms with van der Waals surface area (Å²) in [6.07, 6.45) is 3.89. The molecule has 3 heteroatoms. The first-order chi connectivity index (χ1) is 4.47. The zero-order valence-electron chi connectivity index (χ0n) is 5.13. The molecule has 50 valence electrons. The number of fused-ring (bicyclic) bond motifs is 1. The third-order valence-electron chi connectivity index (χ3n) is 1.84. The van der Waals surface area contributed by atoms with Gasteiger partial charge in [0.1, 0.15) is 6.61 Å². The third-order valence-corrected chi connectivity index (χ3v) is 1.84. The van der Waals surface area contributed by atoms with Crippen LogP contribution in [0.4, 0.5) is 0 Å². The van der Waals surface area contributed by atoms with E-state index < -0.39 is 0 Å². The summed E-state index contributed by atoms with van der Waals surface area (Å²) in [5.74, 6) is 0.638. The quantitative estimate of drug-likeness (QED) is 0.464. The maximum absolute atomic E-state index is 5.10. The molecule has 0 amide bonds. The molecule has 9 heavy (non-hydrogen) atoms. The molecule has 2 rings (SSSR count). The number of hydrogen-bond acceptors (Lipinski definition) is 3. The van der Waals surface area contributed by atoms with Gasteiger partial charge in [0.2, 0.25) is 0 Å². The van der Waals surface area contributed by atoms with Gasteiger partial charge in [-0.05, 0) is 6.08 Å². The largest absolute Gasteiger partial charge is 0.500 e. The fourth-order valence-corrected chi connectivity index (χ4v) is 1.24. The summed E-state index contributed by atoms with van der Waals surface area (Å²) >= 11 is 0. The van der Waals surface area contributed by atoms with Gasteiger partial charge in [0, 0.05) is 12.5 Å². The summed E-state index contributed by atoms with van der Waals surface area (Å²) in [4.78, 5) is 0. The predicted molar refractivity (Wildman–Crippen MR) is 33.5 cm³/mol. The summed E-state index contributed by atoms with van der Waals surface area (Å²) in [5.41, 5.74) is 6.22. The van der Waals surface area contributed by atoms with E-state index >= 15 is 0 Å². The fraction of sp³-hybridized carbons (Fsp3) is 0.667. The molecule has 2 atom stereocenters. The van der Waals surface area contributed by atoms with Gasteiger partial charge >= 0.3 is 0 Å². The van der Waals surface area contributed by atoms with E-state index in [1.807, 2.05) is 0 Å². The van der Waals surface area contributed by atoms with Gasteiger partial charge in [0.05, 0.1) is 12.3 Å². The molecular formula is C6H10N2O. The van der Waals surface area contributed by atoms with Crippen LogP contribution in [0.15, 0.2) is 12.3 Å². The number of ether oxygens (including phenoxy) is 1. The first kappa shape index (κ1) is 5.26. The molecule has 0 aromatic heterocycles. The molecule has 0 bridgehead atoms. The maximum Gasteiger partial charge on any atom is 0.105 e. The van der Waals surface area contributed by atoms with E-state index in [2.05, 4.69) is 16.9 Å². The van der Waals surface area contributed by atoms with Gasteiger partial charge in [-0.2, -0.15) is 0 Å². The molecule has 0 radical (unpaired) electrons. The summed E-state index contributed by atoms with van der Waals surface area (Å²) in [7, 11) is 0. The lowest BCUT2D eigenvalue weighted by molar-refractivity contribution is 0.185. The van der Waals surface area contributed by atoms with Crippen molar-refractivity contribution < 1.29 is 4.74 Å². The lowest BCUT2D eigenvalue weighted by atomic mass is 10.0. The van der Waals surface area contributed by atoms with E-state index in [0.29, 0.717) is 12.0 Å². The Morgan fingerprint density at radius 1 is 1.56 bits per heavy atom. The SMILES string of the molecule is C1=CC2CNNC2CO1.